The molecule has 1 rings (SSSR count). The summed E-state index contributed by atoms with van der Waals surface area (Å²) in [5.41, 5.74) is 0.923. The maximum Gasteiger partial charge on any atom is 0.229 e. The van der Waals surface area contributed by atoms with Gasteiger partial charge in [0, 0.05) is 5.56 Å². The highest BCUT2D eigenvalue weighted by atomic mass is 35.5. The molecule has 0 bridgehead atoms. The van der Waals surface area contributed by atoms with Gasteiger partial charge in [-0.15, -0.1) is 16.7 Å². The van der Waals surface area contributed by atoms with Crippen molar-refractivity contribution in [2.24, 2.45) is 0 Å². The van der Waals surface area contributed by atoms with E-state index < -0.39 is 10.0 Å². The summed E-state index contributed by atoms with van der Waals surface area (Å²) in [5.74, 6) is -0.657. The summed E-state index contributed by atoms with van der Waals surface area (Å²) in [4.78, 5) is 11.1. The lowest BCUT2D eigenvalue weighted by atomic mass is 10.1. The number of hydrogen-bond donors (Lipinski definition) is 0. The first kappa shape index (κ1) is 12.2. The van der Waals surface area contributed by atoms with Crippen LogP contribution in [0.3, 0.4) is 0 Å². The number of sulfonamides is 1. The third-order valence-electron chi connectivity index (χ3n) is 1.75. The maximum absolute atomic E-state index is 11.1. The lowest BCUT2D eigenvalue weighted by Gasteiger charge is -2.00. The van der Waals surface area contributed by atoms with Gasteiger partial charge in [0.2, 0.25) is 10.0 Å². The van der Waals surface area contributed by atoms with E-state index in [-0.39, 0.29) is 17.4 Å². The molecule has 1 aromatic rings. The highest BCUT2D eigenvalue weighted by Crippen LogP contribution is 2.08. The Morgan fingerprint density at radius 3 is 2.20 bits per heavy atom. The average molecular weight is 247 g/mol. The lowest BCUT2D eigenvalue weighted by molar-refractivity contribution is 0.102. The summed E-state index contributed by atoms with van der Waals surface area (Å²) < 4.78 is 21.3. The van der Waals surface area contributed by atoms with Gasteiger partial charge in [0.1, 0.15) is 0 Å². The largest absolute Gasteiger partial charge is 0.293 e. The Labute approximate surface area is 93.1 Å². The van der Waals surface area contributed by atoms with Crippen LogP contribution in [0, 0.1) is 0 Å². The molecule has 0 fully saturated rings. The Kier molecular flexibility index (Phi) is 3.84. The van der Waals surface area contributed by atoms with Crippen molar-refractivity contribution in [3.05, 3.63) is 35.4 Å². The Hall–Kier alpha value is -0.910. The molecule has 0 aliphatic carbocycles. The Morgan fingerprint density at radius 2 is 1.80 bits per heavy atom. The van der Waals surface area contributed by atoms with Crippen molar-refractivity contribution >= 4 is 27.4 Å². The zero-order valence-corrected chi connectivity index (χ0v) is 9.31. The fraction of sp³-hybridized carbons (Fsp3) is 0.222. The van der Waals surface area contributed by atoms with Gasteiger partial charge in [-0.3, -0.25) is 4.79 Å². The fourth-order valence-corrected chi connectivity index (χ4v) is 1.87. The zero-order chi connectivity index (χ0) is 11.5. The molecule has 1 N–H and O–H groups in total. The van der Waals surface area contributed by atoms with Crippen LogP contribution in [-0.4, -0.2) is 20.1 Å². The number of benzene rings is 1. The molecule has 4 nitrogen and oxygen atoms in total. The Morgan fingerprint density at radius 1 is 1.27 bits per heavy atom. The van der Waals surface area contributed by atoms with E-state index in [1.54, 1.807) is 0 Å². The molecule has 0 aliphatic heterocycles. The highest BCUT2D eigenvalue weighted by Gasteiger charge is 2.07. The number of nitrogens with one attached hydrogen (secondary N) is 1. The number of carbonyl (C=O) groups is 1. The number of ketones is 1. The number of hydrogen-bond acceptors (Lipinski definition) is 3. The van der Waals surface area contributed by atoms with Gasteiger partial charge in [-0.05, 0) is 5.56 Å². The summed E-state index contributed by atoms with van der Waals surface area (Å²) >= 11 is 5.36. The predicted molar refractivity (Wildman–Crippen MR) is 57.2 cm³/mol. The molecular formula is C9H9ClNO3S. The first-order valence-electron chi connectivity index (χ1n) is 4.08. The minimum Gasteiger partial charge on any atom is -0.293 e. The standard InChI is InChI=1S/C9H9ClNO3S/c10-5-9(12)8-3-1-7(2-4-8)6-15(11,13)14/h1-4,11H,5-6H2. The second kappa shape index (κ2) is 4.74. The smallest absolute Gasteiger partial charge is 0.229 e. The number of alkyl halides is 1. The van der Waals surface area contributed by atoms with E-state index in [2.05, 4.69) is 0 Å². The molecular weight excluding hydrogens is 238 g/mol. The molecule has 81 valence electrons. The van der Waals surface area contributed by atoms with Gasteiger partial charge in [-0.25, -0.2) is 8.42 Å². The molecule has 0 heterocycles. The van der Waals surface area contributed by atoms with Crippen molar-refractivity contribution in [3.63, 3.8) is 0 Å². The normalized spacial score (nSPS) is 11.3. The molecule has 1 aromatic carbocycles. The topological polar surface area (TPSA) is 75.0 Å². The van der Waals surface area contributed by atoms with Crippen LogP contribution in [0.1, 0.15) is 15.9 Å². The number of Topliss-reactive ketones (excluding diaryl/α,β-unsaturated/α-hetero) is 1. The van der Waals surface area contributed by atoms with Crippen LogP contribution in [0.15, 0.2) is 24.3 Å². The molecule has 0 saturated heterocycles. The van der Waals surface area contributed by atoms with Gasteiger partial charge < -0.3 is 0 Å². The molecule has 15 heavy (non-hydrogen) atoms. The quantitative estimate of drug-likeness (QED) is 0.592. The van der Waals surface area contributed by atoms with Crippen LogP contribution in [0.5, 0.6) is 0 Å². The molecule has 0 saturated carbocycles. The van der Waals surface area contributed by atoms with Gasteiger partial charge in [0.05, 0.1) is 11.6 Å². The van der Waals surface area contributed by atoms with E-state index in [0.29, 0.717) is 11.1 Å². The van der Waals surface area contributed by atoms with E-state index in [0.717, 1.165) is 0 Å². The van der Waals surface area contributed by atoms with Gasteiger partial charge in [-0.1, -0.05) is 24.3 Å². The van der Waals surface area contributed by atoms with Crippen LogP contribution >= 0.6 is 11.6 Å². The predicted octanol–water partition coefficient (Wildman–Crippen LogP) is 1.22. The fourth-order valence-electron chi connectivity index (χ4n) is 1.08. The van der Waals surface area contributed by atoms with Gasteiger partial charge in [0.25, 0.3) is 0 Å². The highest BCUT2D eigenvalue weighted by molar-refractivity contribution is 7.88. The van der Waals surface area contributed by atoms with Crippen LogP contribution in [0.4, 0.5) is 0 Å². The van der Waals surface area contributed by atoms with Crippen molar-refractivity contribution in [2.75, 3.05) is 5.88 Å². The van der Waals surface area contributed by atoms with Crippen molar-refractivity contribution in [2.45, 2.75) is 5.75 Å². The van der Waals surface area contributed by atoms with Gasteiger partial charge in [0.15, 0.2) is 5.78 Å². The Balaban J connectivity index is 2.86. The SMILES string of the molecule is [NH]S(=O)(=O)Cc1ccc(C(=O)CCl)cc1. The number of rotatable bonds is 4. The molecule has 0 spiro atoms. The third-order valence-corrected chi connectivity index (χ3v) is 2.71. The minimum absolute atomic E-state index is 0.101. The van der Waals surface area contributed by atoms with Crippen LogP contribution in [0.25, 0.3) is 0 Å². The van der Waals surface area contributed by atoms with Crippen LogP contribution in [-0.2, 0) is 15.8 Å². The molecule has 6 heteroatoms. The zero-order valence-electron chi connectivity index (χ0n) is 7.73. The van der Waals surface area contributed by atoms with E-state index in [9.17, 15) is 13.2 Å². The molecule has 0 unspecified atom stereocenters. The summed E-state index contributed by atoms with van der Waals surface area (Å²) in [7, 11) is -3.78. The number of halogens is 1. The molecule has 0 aliphatic rings. The third kappa shape index (κ3) is 3.99. The van der Waals surface area contributed by atoms with E-state index in [1.165, 1.54) is 24.3 Å². The lowest BCUT2D eigenvalue weighted by Crippen LogP contribution is -2.05. The van der Waals surface area contributed by atoms with Crippen molar-refractivity contribution < 1.29 is 13.2 Å². The van der Waals surface area contributed by atoms with Crippen LogP contribution < -0.4 is 5.14 Å². The monoisotopic (exact) mass is 246 g/mol. The second-order valence-corrected chi connectivity index (χ2v) is 4.80. The van der Waals surface area contributed by atoms with Gasteiger partial charge >= 0.3 is 0 Å². The first-order valence-corrected chi connectivity index (χ1v) is 6.26. The van der Waals surface area contributed by atoms with Crippen molar-refractivity contribution in [1.29, 1.82) is 0 Å². The van der Waals surface area contributed by atoms with Gasteiger partial charge in [-0.2, -0.15) is 0 Å². The summed E-state index contributed by atoms with van der Waals surface area (Å²) in [5, 5.41) is 6.73. The maximum atomic E-state index is 11.1. The summed E-state index contributed by atoms with van der Waals surface area (Å²) in [6, 6.07) is 6.02. The van der Waals surface area contributed by atoms with E-state index in [4.69, 9.17) is 16.7 Å². The average Bonchev–Trinajstić information content (AvgIpc) is 2.15. The second-order valence-electron chi connectivity index (χ2n) is 3.01. The summed E-state index contributed by atoms with van der Waals surface area (Å²) in [6.45, 7) is 0. The molecule has 1 radical (unpaired) electrons. The van der Waals surface area contributed by atoms with Crippen LogP contribution in [0.2, 0.25) is 0 Å². The molecule has 0 amide bonds. The first-order chi connectivity index (χ1) is 6.92. The molecule has 0 atom stereocenters. The van der Waals surface area contributed by atoms with E-state index in [1.807, 2.05) is 0 Å². The number of carbonyl (C=O) groups excluding carboxylic acids is 1. The van der Waals surface area contributed by atoms with Crippen molar-refractivity contribution in [1.82, 2.24) is 5.14 Å². The summed E-state index contributed by atoms with van der Waals surface area (Å²) in [6.07, 6.45) is 0. The van der Waals surface area contributed by atoms with Crippen molar-refractivity contribution in [3.8, 4) is 0 Å². The molecule has 0 aromatic heterocycles. The minimum atomic E-state index is -3.78. The Bertz CT molecular complexity index is 453. The van der Waals surface area contributed by atoms with E-state index >= 15 is 0 Å².